The van der Waals surface area contributed by atoms with Crippen LogP contribution < -0.4 is 5.32 Å². The van der Waals surface area contributed by atoms with E-state index in [4.69, 9.17) is 5.26 Å². The number of carbonyl (C=O) groups excluding carboxylic acids is 1. The molecule has 1 N–H and O–H groups in total. The van der Waals surface area contributed by atoms with Gasteiger partial charge in [-0.1, -0.05) is 30.3 Å². The van der Waals surface area contributed by atoms with E-state index in [2.05, 4.69) is 26.5 Å². The molecule has 4 aromatic rings. The molecule has 0 bridgehead atoms. The van der Waals surface area contributed by atoms with Crippen LogP contribution in [0.15, 0.2) is 60.8 Å². The van der Waals surface area contributed by atoms with Crippen LogP contribution in [0, 0.1) is 11.3 Å². The van der Waals surface area contributed by atoms with Gasteiger partial charge in [-0.3, -0.25) is 10.1 Å². The first kappa shape index (κ1) is 19.2. The van der Waals surface area contributed by atoms with Crippen molar-refractivity contribution in [1.29, 1.82) is 5.26 Å². The zero-order valence-electron chi connectivity index (χ0n) is 16.5. The summed E-state index contributed by atoms with van der Waals surface area (Å²) in [5.41, 5.74) is 2.61. The van der Waals surface area contributed by atoms with Crippen LogP contribution in [0.2, 0.25) is 0 Å². The maximum atomic E-state index is 12.8. The molecule has 0 saturated heterocycles. The fourth-order valence-electron chi connectivity index (χ4n) is 3.28. The summed E-state index contributed by atoms with van der Waals surface area (Å²) < 4.78 is 1.77. The number of amides is 1. The molecule has 1 amide bonds. The van der Waals surface area contributed by atoms with Crippen molar-refractivity contribution in [3.05, 3.63) is 88.4 Å². The minimum Gasteiger partial charge on any atom is -0.295 e. The average molecular weight is 427 g/mol. The van der Waals surface area contributed by atoms with Gasteiger partial charge in [-0.05, 0) is 42.7 Å². The molecule has 0 spiro atoms. The lowest BCUT2D eigenvalue weighted by atomic mass is 10.1. The number of nitrogens with zero attached hydrogens (tertiary/aromatic N) is 5. The van der Waals surface area contributed by atoms with Crippen molar-refractivity contribution < 1.29 is 4.79 Å². The number of thiazole rings is 1. The third-order valence-electron chi connectivity index (χ3n) is 5.01. The summed E-state index contributed by atoms with van der Waals surface area (Å²) >= 11 is 1.42. The van der Waals surface area contributed by atoms with Gasteiger partial charge >= 0.3 is 0 Å². The molecule has 1 aliphatic rings. The lowest BCUT2D eigenvalue weighted by molar-refractivity contribution is 0.101. The first-order valence-electron chi connectivity index (χ1n) is 9.97. The number of hydrogen-bond acceptors (Lipinski definition) is 6. The van der Waals surface area contributed by atoms with E-state index in [0.717, 1.165) is 34.8 Å². The van der Waals surface area contributed by atoms with E-state index in [0.29, 0.717) is 23.0 Å². The monoisotopic (exact) mass is 426 g/mol. The molecular formula is C23H18N6OS. The molecule has 1 aliphatic carbocycles. The Morgan fingerprint density at radius 2 is 1.94 bits per heavy atom. The zero-order valence-corrected chi connectivity index (χ0v) is 17.3. The van der Waals surface area contributed by atoms with Gasteiger partial charge in [0.25, 0.3) is 5.91 Å². The third kappa shape index (κ3) is 4.22. The molecule has 0 radical (unpaired) electrons. The molecule has 1 fully saturated rings. The van der Waals surface area contributed by atoms with Crippen LogP contribution in [0.4, 0.5) is 5.13 Å². The molecule has 0 atom stereocenters. The maximum absolute atomic E-state index is 12.8. The highest BCUT2D eigenvalue weighted by Crippen LogP contribution is 2.39. The van der Waals surface area contributed by atoms with Gasteiger partial charge in [0, 0.05) is 23.4 Å². The van der Waals surface area contributed by atoms with Crippen molar-refractivity contribution in [2.24, 2.45) is 0 Å². The van der Waals surface area contributed by atoms with Crippen LogP contribution in [-0.2, 0) is 6.42 Å². The van der Waals surface area contributed by atoms with Gasteiger partial charge in [0.1, 0.15) is 5.82 Å². The fourth-order valence-corrected chi connectivity index (χ4v) is 4.13. The van der Waals surface area contributed by atoms with Crippen LogP contribution in [0.3, 0.4) is 0 Å². The molecule has 31 heavy (non-hydrogen) atoms. The highest BCUT2D eigenvalue weighted by atomic mass is 32.1. The highest BCUT2D eigenvalue weighted by molar-refractivity contribution is 7.15. The van der Waals surface area contributed by atoms with E-state index in [1.165, 1.54) is 11.3 Å². The molecule has 2 heterocycles. The Bertz CT molecular complexity index is 1270. The van der Waals surface area contributed by atoms with E-state index in [-0.39, 0.29) is 11.7 Å². The smallest absolute Gasteiger partial charge is 0.295 e. The van der Waals surface area contributed by atoms with Gasteiger partial charge < -0.3 is 0 Å². The molecule has 152 valence electrons. The second-order valence-electron chi connectivity index (χ2n) is 7.39. The number of aromatic nitrogens is 4. The minimum atomic E-state index is -0.365. The van der Waals surface area contributed by atoms with Gasteiger partial charge in [0.05, 0.1) is 17.3 Å². The van der Waals surface area contributed by atoms with E-state index in [9.17, 15) is 4.79 Å². The predicted molar refractivity (Wildman–Crippen MR) is 117 cm³/mol. The average Bonchev–Trinajstić information content (AvgIpc) is 3.40. The van der Waals surface area contributed by atoms with Crippen molar-refractivity contribution in [2.45, 2.75) is 25.2 Å². The first-order chi connectivity index (χ1) is 15.2. The maximum Gasteiger partial charge on any atom is 0.297 e. The Balaban J connectivity index is 1.31. The second kappa shape index (κ2) is 8.13. The van der Waals surface area contributed by atoms with Crippen molar-refractivity contribution in [3.8, 4) is 11.8 Å². The molecule has 8 heteroatoms. The summed E-state index contributed by atoms with van der Waals surface area (Å²) in [7, 11) is 0. The summed E-state index contributed by atoms with van der Waals surface area (Å²) in [6.07, 6.45) is 4.58. The number of nitriles is 1. The SMILES string of the molecule is N#Cc1ccc(Cc2cnc(NC(=O)c3nc(C4CC4)n(-c4ccccc4)n3)s2)cc1. The second-order valence-corrected chi connectivity index (χ2v) is 8.50. The first-order valence-corrected chi connectivity index (χ1v) is 10.8. The van der Waals surface area contributed by atoms with Crippen LogP contribution in [0.25, 0.3) is 5.69 Å². The molecule has 2 aromatic heterocycles. The minimum absolute atomic E-state index is 0.148. The van der Waals surface area contributed by atoms with Crippen LogP contribution >= 0.6 is 11.3 Å². The quantitative estimate of drug-likeness (QED) is 0.495. The number of carbonyl (C=O) groups is 1. The summed E-state index contributed by atoms with van der Waals surface area (Å²) in [6.45, 7) is 0. The summed E-state index contributed by atoms with van der Waals surface area (Å²) in [6, 6.07) is 19.3. The van der Waals surface area contributed by atoms with E-state index in [1.807, 2.05) is 42.5 Å². The number of benzene rings is 2. The van der Waals surface area contributed by atoms with Crippen molar-refractivity contribution in [3.63, 3.8) is 0 Å². The van der Waals surface area contributed by atoms with Crippen LogP contribution in [0.5, 0.6) is 0 Å². The molecule has 1 saturated carbocycles. The van der Waals surface area contributed by atoms with Gasteiger partial charge in [-0.25, -0.2) is 14.6 Å². The number of para-hydroxylation sites is 1. The molecule has 5 rings (SSSR count). The van der Waals surface area contributed by atoms with Gasteiger partial charge in [-0.2, -0.15) is 5.26 Å². The number of nitrogens with one attached hydrogen (secondary N) is 1. The molecule has 7 nitrogen and oxygen atoms in total. The third-order valence-corrected chi connectivity index (χ3v) is 5.93. The van der Waals surface area contributed by atoms with Crippen molar-refractivity contribution in [2.75, 3.05) is 5.32 Å². The molecule has 0 aliphatic heterocycles. The summed E-state index contributed by atoms with van der Waals surface area (Å²) in [5.74, 6) is 0.968. The Kier molecular flexibility index (Phi) is 5.02. The largest absolute Gasteiger partial charge is 0.297 e. The lowest BCUT2D eigenvalue weighted by Gasteiger charge is -2.03. The Hall–Kier alpha value is -3.83. The Labute approximate surface area is 183 Å². The number of anilines is 1. The topological polar surface area (TPSA) is 96.5 Å². The molecule has 2 aromatic carbocycles. The van der Waals surface area contributed by atoms with Gasteiger partial charge in [-0.15, -0.1) is 16.4 Å². The standard InChI is InChI=1S/C23H18N6OS/c24-13-16-8-6-15(7-9-16)12-19-14-25-23(31-19)27-22(30)20-26-21(17-10-11-17)29(28-20)18-4-2-1-3-5-18/h1-9,14,17H,10-12H2,(H,25,27,30). The summed E-state index contributed by atoms with van der Waals surface area (Å²) in [5, 5.41) is 16.7. The fraction of sp³-hybridized carbons (Fsp3) is 0.174. The lowest BCUT2D eigenvalue weighted by Crippen LogP contribution is -2.14. The Morgan fingerprint density at radius 1 is 1.16 bits per heavy atom. The van der Waals surface area contributed by atoms with E-state index < -0.39 is 0 Å². The van der Waals surface area contributed by atoms with Gasteiger partial charge in [0.15, 0.2) is 5.13 Å². The van der Waals surface area contributed by atoms with E-state index in [1.54, 1.807) is 23.0 Å². The normalized spacial score (nSPS) is 13.0. The predicted octanol–water partition coefficient (Wildman–Crippen LogP) is 4.32. The van der Waals surface area contributed by atoms with Crippen LogP contribution in [0.1, 0.15) is 51.2 Å². The number of hydrogen-bond donors (Lipinski definition) is 1. The van der Waals surface area contributed by atoms with Crippen molar-refractivity contribution >= 4 is 22.4 Å². The highest BCUT2D eigenvalue weighted by Gasteiger charge is 2.31. The molecular weight excluding hydrogens is 408 g/mol. The van der Waals surface area contributed by atoms with Gasteiger partial charge in [0.2, 0.25) is 5.82 Å². The zero-order chi connectivity index (χ0) is 21.2. The Morgan fingerprint density at radius 3 is 2.65 bits per heavy atom. The van der Waals surface area contributed by atoms with Crippen molar-refractivity contribution in [1.82, 2.24) is 19.7 Å². The number of rotatable bonds is 6. The summed E-state index contributed by atoms with van der Waals surface area (Å²) in [4.78, 5) is 22.6. The van der Waals surface area contributed by atoms with E-state index >= 15 is 0 Å². The van der Waals surface area contributed by atoms with Crippen LogP contribution in [-0.4, -0.2) is 25.7 Å². The molecule has 0 unspecified atom stereocenters.